The van der Waals surface area contributed by atoms with E-state index < -0.39 is 11.6 Å². The monoisotopic (exact) mass is 316 g/mol. The topological polar surface area (TPSA) is 47.6 Å². The van der Waals surface area contributed by atoms with Crippen LogP contribution in [0.15, 0.2) is 60.7 Å². The van der Waals surface area contributed by atoms with Gasteiger partial charge >= 0.3 is 0 Å². The number of hydrogen-bond donors (Lipinski definition) is 0. The fourth-order valence-electron chi connectivity index (χ4n) is 2.44. The number of rotatable bonds is 2. The lowest BCUT2D eigenvalue weighted by Gasteiger charge is -2.09. The van der Waals surface area contributed by atoms with E-state index in [4.69, 9.17) is 10.5 Å². The second-order valence-electron chi connectivity index (χ2n) is 5.19. The highest BCUT2D eigenvalue weighted by molar-refractivity contribution is 5.74. The molecule has 0 N–H and O–H groups in total. The van der Waals surface area contributed by atoms with E-state index in [0.717, 1.165) is 6.07 Å². The Balaban J connectivity index is 2.11. The molecule has 0 spiro atoms. The molecule has 0 heterocycles. The van der Waals surface area contributed by atoms with Gasteiger partial charge in [-0.05, 0) is 41.5 Å². The first-order valence-electron chi connectivity index (χ1n) is 7.12. The predicted molar refractivity (Wildman–Crippen MR) is 86.7 cm³/mol. The number of nitriles is 2. The summed E-state index contributed by atoms with van der Waals surface area (Å²) in [6.45, 7) is 0. The molecule has 0 radical (unpaired) electrons. The summed E-state index contributed by atoms with van der Waals surface area (Å²) in [6, 6.07) is 19.1. The average molecular weight is 316 g/mol. The normalized spacial score (nSPS) is 10.0. The van der Waals surface area contributed by atoms with Gasteiger partial charge < -0.3 is 0 Å². The first-order valence-corrected chi connectivity index (χ1v) is 7.12. The second-order valence-corrected chi connectivity index (χ2v) is 5.19. The SMILES string of the molecule is N#Cc1ccc(-c2cc(-c3ccc(C#N)cc3)c(F)cc2F)cc1. The fourth-order valence-corrected chi connectivity index (χ4v) is 2.44. The largest absolute Gasteiger partial charge is 0.206 e. The lowest BCUT2D eigenvalue weighted by molar-refractivity contribution is 0.588. The summed E-state index contributed by atoms with van der Waals surface area (Å²) in [5.74, 6) is -1.34. The van der Waals surface area contributed by atoms with E-state index in [-0.39, 0.29) is 11.1 Å². The molecule has 0 aromatic heterocycles. The molecule has 24 heavy (non-hydrogen) atoms. The minimum absolute atomic E-state index is 0.250. The predicted octanol–water partition coefficient (Wildman–Crippen LogP) is 5.04. The molecule has 0 aliphatic rings. The van der Waals surface area contributed by atoms with Gasteiger partial charge in [0.25, 0.3) is 0 Å². The van der Waals surface area contributed by atoms with Crippen molar-refractivity contribution in [3.05, 3.63) is 83.4 Å². The van der Waals surface area contributed by atoms with E-state index in [9.17, 15) is 8.78 Å². The van der Waals surface area contributed by atoms with E-state index in [0.29, 0.717) is 22.3 Å². The molecule has 3 aromatic rings. The number of hydrogen-bond acceptors (Lipinski definition) is 2. The molecule has 0 fully saturated rings. The van der Waals surface area contributed by atoms with Gasteiger partial charge in [-0.2, -0.15) is 10.5 Å². The Morgan fingerprint density at radius 1 is 0.583 bits per heavy atom. The Bertz CT molecular complexity index is 898. The van der Waals surface area contributed by atoms with Gasteiger partial charge in [0.1, 0.15) is 11.6 Å². The third kappa shape index (κ3) is 2.86. The Morgan fingerprint density at radius 2 is 0.958 bits per heavy atom. The third-order valence-corrected chi connectivity index (χ3v) is 3.71. The van der Waals surface area contributed by atoms with Crippen molar-refractivity contribution in [2.24, 2.45) is 0 Å². The molecule has 0 atom stereocenters. The van der Waals surface area contributed by atoms with Gasteiger partial charge in [0.15, 0.2) is 0 Å². The Hall–Kier alpha value is -3.50. The molecule has 3 aromatic carbocycles. The van der Waals surface area contributed by atoms with Crippen LogP contribution in [0, 0.1) is 34.3 Å². The molecule has 0 saturated carbocycles. The summed E-state index contributed by atoms with van der Waals surface area (Å²) in [5.41, 5.74) is 2.55. The van der Waals surface area contributed by atoms with Crippen LogP contribution in [0.1, 0.15) is 11.1 Å². The zero-order valence-electron chi connectivity index (χ0n) is 12.4. The molecule has 0 aliphatic heterocycles. The first-order chi connectivity index (χ1) is 11.6. The van der Waals surface area contributed by atoms with Gasteiger partial charge in [-0.25, -0.2) is 8.78 Å². The van der Waals surface area contributed by atoms with Gasteiger partial charge in [-0.3, -0.25) is 0 Å². The second kappa shape index (κ2) is 6.32. The van der Waals surface area contributed by atoms with Gasteiger partial charge in [-0.15, -0.1) is 0 Å². The van der Waals surface area contributed by atoms with Crippen molar-refractivity contribution in [3.63, 3.8) is 0 Å². The van der Waals surface area contributed by atoms with Crippen molar-refractivity contribution in [1.29, 1.82) is 10.5 Å². The zero-order chi connectivity index (χ0) is 17.1. The van der Waals surface area contributed by atoms with Crippen LogP contribution in [-0.2, 0) is 0 Å². The van der Waals surface area contributed by atoms with Crippen molar-refractivity contribution < 1.29 is 8.78 Å². The summed E-state index contributed by atoms with van der Waals surface area (Å²) < 4.78 is 28.4. The summed E-state index contributed by atoms with van der Waals surface area (Å²) in [7, 11) is 0. The van der Waals surface area contributed by atoms with Crippen LogP contribution in [0.25, 0.3) is 22.3 Å². The van der Waals surface area contributed by atoms with Gasteiger partial charge in [0, 0.05) is 17.2 Å². The Morgan fingerprint density at radius 3 is 1.29 bits per heavy atom. The van der Waals surface area contributed by atoms with Crippen molar-refractivity contribution in [1.82, 2.24) is 0 Å². The number of halogens is 2. The van der Waals surface area contributed by atoms with Crippen LogP contribution in [0.5, 0.6) is 0 Å². The maximum atomic E-state index is 14.2. The molecule has 0 unspecified atom stereocenters. The molecule has 0 bridgehead atoms. The molecule has 114 valence electrons. The molecule has 4 heteroatoms. The van der Waals surface area contributed by atoms with Crippen LogP contribution in [-0.4, -0.2) is 0 Å². The Labute approximate surface area is 137 Å². The van der Waals surface area contributed by atoms with Crippen molar-refractivity contribution in [3.8, 4) is 34.4 Å². The van der Waals surface area contributed by atoms with Gasteiger partial charge in [-0.1, -0.05) is 24.3 Å². The average Bonchev–Trinajstić information content (AvgIpc) is 2.62. The van der Waals surface area contributed by atoms with E-state index >= 15 is 0 Å². The molecule has 2 nitrogen and oxygen atoms in total. The fraction of sp³-hybridized carbons (Fsp3) is 0. The molecular formula is C20H10F2N2. The zero-order valence-corrected chi connectivity index (χ0v) is 12.4. The Kier molecular flexibility index (Phi) is 4.05. The van der Waals surface area contributed by atoms with Crippen LogP contribution < -0.4 is 0 Å². The maximum Gasteiger partial charge on any atom is 0.133 e. The van der Waals surface area contributed by atoms with Crippen LogP contribution >= 0.6 is 0 Å². The van der Waals surface area contributed by atoms with Gasteiger partial charge in [0.05, 0.1) is 23.3 Å². The molecule has 0 saturated heterocycles. The summed E-state index contributed by atoms with van der Waals surface area (Å²) >= 11 is 0. The first kappa shape index (κ1) is 15.4. The highest BCUT2D eigenvalue weighted by Crippen LogP contribution is 2.31. The van der Waals surface area contributed by atoms with Crippen LogP contribution in [0.2, 0.25) is 0 Å². The van der Waals surface area contributed by atoms with E-state index in [1.165, 1.54) is 6.07 Å². The lowest BCUT2D eigenvalue weighted by atomic mass is 9.97. The van der Waals surface area contributed by atoms with E-state index in [1.54, 1.807) is 48.5 Å². The van der Waals surface area contributed by atoms with E-state index in [1.807, 2.05) is 12.1 Å². The highest BCUT2D eigenvalue weighted by Gasteiger charge is 2.13. The number of nitrogens with zero attached hydrogens (tertiary/aromatic N) is 2. The molecular weight excluding hydrogens is 306 g/mol. The molecule has 0 aliphatic carbocycles. The van der Waals surface area contributed by atoms with Crippen molar-refractivity contribution >= 4 is 0 Å². The molecule has 0 amide bonds. The standard InChI is InChI=1S/C20H10F2N2/c21-19-10-20(22)18(16-7-3-14(12-24)4-8-16)9-17(19)15-5-1-13(11-23)2-6-15/h1-10H. The third-order valence-electron chi connectivity index (χ3n) is 3.71. The van der Waals surface area contributed by atoms with Crippen LogP contribution in [0.3, 0.4) is 0 Å². The smallest absolute Gasteiger partial charge is 0.133 e. The lowest BCUT2D eigenvalue weighted by Crippen LogP contribution is -1.92. The van der Waals surface area contributed by atoms with Gasteiger partial charge in [0.2, 0.25) is 0 Å². The van der Waals surface area contributed by atoms with Crippen molar-refractivity contribution in [2.75, 3.05) is 0 Å². The summed E-state index contributed by atoms with van der Waals surface area (Å²) in [6.07, 6.45) is 0. The molecule has 3 rings (SSSR count). The summed E-state index contributed by atoms with van der Waals surface area (Å²) in [5, 5.41) is 17.7. The maximum absolute atomic E-state index is 14.2. The quantitative estimate of drug-likeness (QED) is 0.665. The minimum atomic E-state index is -0.672. The minimum Gasteiger partial charge on any atom is -0.206 e. The van der Waals surface area contributed by atoms with Crippen LogP contribution in [0.4, 0.5) is 8.78 Å². The highest BCUT2D eigenvalue weighted by atomic mass is 19.1. The van der Waals surface area contributed by atoms with Crippen molar-refractivity contribution in [2.45, 2.75) is 0 Å². The van der Waals surface area contributed by atoms with E-state index in [2.05, 4.69) is 0 Å². The summed E-state index contributed by atoms with van der Waals surface area (Å²) in [4.78, 5) is 0. The number of benzene rings is 3.